The van der Waals surface area contributed by atoms with Crippen LogP contribution in [0.15, 0.2) is 68.7 Å². The van der Waals surface area contributed by atoms with Crippen LogP contribution in [-0.2, 0) is 20.0 Å². The van der Waals surface area contributed by atoms with Crippen LogP contribution in [0.1, 0.15) is 37.9 Å². The van der Waals surface area contributed by atoms with Crippen molar-refractivity contribution in [2.24, 2.45) is 13.0 Å². The van der Waals surface area contributed by atoms with E-state index in [1.807, 2.05) is 38.1 Å². The van der Waals surface area contributed by atoms with Crippen LogP contribution < -0.4 is 16.0 Å². The second-order valence-corrected chi connectivity index (χ2v) is 10.2. The molecule has 0 amide bonds. The third kappa shape index (κ3) is 5.70. The monoisotopic (exact) mass is 525 g/mol. The summed E-state index contributed by atoms with van der Waals surface area (Å²) in [5.74, 6) is 1.51. The molecule has 1 aliphatic rings. The van der Waals surface area contributed by atoms with Crippen LogP contribution in [0.25, 0.3) is 5.69 Å². The number of rotatable bonds is 7. The maximum Gasteiger partial charge on any atom is 0.335 e. The molecule has 2 heterocycles. The summed E-state index contributed by atoms with van der Waals surface area (Å²) >= 11 is 3.69. The van der Waals surface area contributed by atoms with Gasteiger partial charge in [-0.3, -0.25) is 14.3 Å². The summed E-state index contributed by atoms with van der Waals surface area (Å²) < 4.78 is 9.81. The first kappa shape index (κ1) is 24.5. The summed E-state index contributed by atoms with van der Waals surface area (Å²) in [6.07, 6.45) is 3.33. The Bertz CT molecular complexity index is 1240. The van der Waals surface area contributed by atoms with Gasteiger partial charge >= 0.3 is 5.69 Å². The number of likely N-dealkylation sites (tertiary alicyclic amines) is 1. The summed E-state index contributed by atoms with van der Waals surface area (Å²) in [4.78, 5) is 28.0. The summed E-state index contributed by atoms with van der Waals surface area (Å²) in [6.45, 7) is 6.57. The molecule has 0 unspecified atom stereocenters. The van der Waals surface area contributed by atoms with Crippen LogP contribution in [0.3, 0.4) is 0 Å². The minimum Gasteiger partial charge on any atom is -0.491 e. The van der Waals surface area contributed by atoms with Gasteiger partial charge in [0, 0.05) is 29.8 Å². The molecule has 1 fully saturated rings. The topological polar surface area (TPSA) is 56.5 Å². The van der Waals surface area contributed by atoms with E-state index in [-0.39, 0.29) is 17.4 Å². The van der Waals surface area contributed by atoms with Gasteiger partial charge < -0.3 is 4.74 Å². The highest BCUT2D eigenvalue weighted by molar-refractivity contribution is 9.10. The highest BCUT2D eigenvalue weighted by atomic mass is 79.9. The van der Waals surface area contributed by atoms with Crippen molar-refractivity contribution in [3.63, 3.8) is 0 Å². The molecule has 0 radical (unpaired) electrons. The average Bonchev–Trinajstić information content (AvgIpc) is 2.81. The molecule has 0 atom stereocenters. The van der Waals surface area contributed by atoms with Crippen molar-refractivity contribution in [1.82, 2.24) is 14.0 Å². The Kier molecular flexibility index (Phi) is 7.73. The predicted octanol–water partition coefficient (Wildman–Crippen LogP) is 4.54. The number of aromatic nitrogens is 2. The van der Waals surface area contributed by atoms with E-state index in [1.165, 1.54) is 10.1 Å². The van der Waals surface area contributed by atoms with Crippen LogP contribution in [0.4, 0.5) is 0 Å². The molecular formula is C27H32BrN3O3. The molecule has 4 rings (SSSR count). The van der Waals surface area contributed by atoms with Crippen molar-refractivity contribution in [3.8, 4) is 11.4 Å². The first-order valence-electron chi connectivity index (χ1n) is 11.9. The van der Waals surface area contributed by atoms with Crippen molar-refractivity contribution in [3.05, 3.63) is 91.2 Å². The van der Waals surface area contributed by atoms with E-state index >= 15 is 0 Å². The molecular weight excluding hydrogens is 494 g/mol. The summed E-state index contributed by atoms with van der Waals surface area (Å²) in [5.41, 5.74) is 2.03. The van der Waals surface area contributed by atoms with Gasteiger partial charge in [-0.1, -0.05) is 34.1 Å². The lowest BCUT2D eigenvalue weighted by Crippen LogP contribution is -2.41. The zero-order valence-electron chi connectivity index (χ0n) is 20.0. The van der Waals surface area contributed by atoms with Crippen molar-refractivity contribution in [2.75, 3.05) is 13.1 Å². The number of para-hydroxylation sites is 1. The van der Waals surface area contributed by atoms with Gasteiger partial charge in [0.05, 0.1) is 11.8 Å². The van der Waals surface area contributed by atoms with Crippen molar-refractivity contribution < 1.29 is 4.74 Å². The third-order valence-corrected chi connectivity index (χ3v) is 7.20. The number of piperidine rings is 1. The molecule has 0 saturated carbocycles. The molecule has 0 spiro atoms. The highest BCUT2D eigenvalue weighted by Crippen LogP contribution is 2.29. The number of benzene rings is 2. The van der Waals surface area contributed by atoms with E-state index < -0.39 is 0 Å². The zero-order chi connectivity index (χ0) is 24.2. The first-order valence-corrected chi connectivity index (χ1v) is 12.7. The van der Waals surface area contributed by atoms with Crippen molar-refractivity contribution in [2.45, 2.75) is 45.8 Å². The first-order chi connectivity index (χ1) is 16.3. The second kappa shape index (κ2) is 10.7. The SMILES string of the molecule is CC(C)Oc1ccc(Br)c(CC2CCN(Cc3cc(=O)n(-c4ccccc4)c(=O)n3C)CC2)c1. The Hall–Kier alpha value is -2.64. The molecule has 6 nitrogen and oxygen atoms in total. The van der Waals surface area contributed by atoms with Crippen molar-refractivity contribution >= 4 is 15.9 Å². The Morgan fingerprint density at radius 1 is 1.03 bits per heavy atom. The molecule has 1 aliphatic heterocycles. The van der Waals surface area contributed by atoms with Gasteiger partial charge in [0.2, 0.25) is 0 Å². The number of hydrogen-bond donors (Lipinski definition) is 0. The van der Waals surface area contributed by atoms with Crippen LogP contribution in [-0.4, -0.2) is 33.2 Å². The van der Waals surface area contributed by atoms with Gasteiger partial charge in [0.1, 0.15) is 5.75 Å². The smallest absolute Gasteiger partial charge is 0.335 e. The lowest BCUT2D eigenvalue weighted by atomic mass is 9.90. The van der Waals surface area contributed by atoms with E-state index in [0.29, 0.717) is 18.2 Å². The minimum atomic E-state index is -0.308. The summed E-state index contributed by atoms with van der Waals surface area (Å²) in [5, 5.41) is 0. The fraction of sp³-hybridized carbons (Fsp3) is 0.407. The zero-order valence-corrected chi connectivity index (χ0v) is 21.6. The Morgan fingerprint density at radius 2 is 1.74 bits per heavy atom. The largest absolute Gasteiger partial charge is 0.491 e. The molecule has 3 aromatic rings. The Balaban J connectivity index is 1.40. The van der Waals surface area contributed by atoms with E-state index in [1.54, 1.807) is 29.8 Å². The van der Waals surface area contributed by atoms with Gasteiger partial charge in [-0.15, -0.1) is 0 Å². The van der Waals surface area contributed by atoms with Crippen LogP contribution in [0, 0.1) is 5.92 Å². The van der Waals surface area contributed by atoms with E-state index in [2.05, 4.69) is 33.0 Å². The van der Waals surface area contributed by atoms with E-state index in [4.69, 9.17) is 4.74 Å². The van der Waals surface area contributed by atoms with E-state index in [0.717, 1.165) is 48.3 Å². The lowest BCUT2D eigenvalue weighted by molar-refractivity contribution is 0.173. The average molecular weight is 526 g/mol. The Labute approximate surface area is 208 Å². The quantitative estimate of drug-likeness (QED) is 0.454. The standard InChI is InChI=1S/C27H32BrN3O3/c1-19(2)34-24-9-10-25(28)21(16-24)15-20-11-13-30(14-12-20)18-23-17-26(32)31(27(33)29(23)3)22-7-5-4-6-8-22/h4-10,16-17,19-20H,11-15,18H2,1-3H3. The molecule has 7 heteroatoms. The van der Waals surface area contributed by atoms with Gasteiger partial charge in [0.15, 0.2) is 0 Å². The molecule has 0 aliphatic carbocycles. The number of hydrogen-bond acceptors (Lipinski definition) is 4. The van der Waals surface area contributed by atoms with Crippen LogP contribution in [0.5, 0.6) is 5.75 Å². The van der Waals surface area contributed by atoms with Gasteiger partial charge in [0.25, 0.3) is 5.56 Å². The maximum absolute atomic E-state index is 12.9. The molecule has 0 N–H and O–H groups in total. The van der Waals surface area contributed by atoms with E-state index in [9.17, 15) is 9.59 Å². The molecule has 1 aromatic heterocycles. The Morgan fingerprint density at radius 3 is 2.41 bits per heavy atom. The molecule has 2 aromatic carbocycles. The van der Waals surface area contributed by atoms with Crippen molar-refractivity contribution in [1.29, 1.82) is 0 Å². The van der Waals surface area contributed by atoms with Gasteiger partial charge in [-0.2, -0.15) is 0 Å². The predicted molar refractivity (Wildman–Crippen MR) is 139 cm³/mol. The number of halogens is 1. The molecule has 0 bridgehead atoms. The normalized spacial score (nSPS) is 15.1. The number of ether oxygens (including phenoxy) is 1. The second-order valence-electron chi connectivity index (χ2n) is 9.33. The molecule has 1 saturated heterocycles. The fourth-order valence-electron chi connectivity index (χ4n) is 4.58. The number of nitrogens with zero attached hydrogens (tertiary/aromatic N) is 3. The highest BCUT2D eigenvalue weighted by Gasteiger charge is 2.22. The fourth-order valence-corrected chi connectivity index (χ4v) is 4.99. The summed E-state index contributed by atoms with van der Waals surface area (Å²) in [6, 6.07) is 16.9. The molecule has 180 valence electrons. The summed E-state index contributed by atoms with van der Waals surface area (Å²) in [7, 11) is 1.74. The van der Waals surface area contributed by atoms with Gasteiger partial charge in [-0.05, 0) is 88.0 Å². The molecule has 34 heavy (non-hydrogen) atoms. The van der Waals surface area contributed by atoms with Crippen LogP contribution in [0.2, 0.25) is 0 Å². The third-order valence-electron chi connectivity index (χ3n) is 6.42. The van der Waals surface area contributed by atoms with Crippen LogP contribution >= 0.6 is 15.9 Å². The van der Waals surface area contributed by atoms with Gasteiger partial charge in [-0.25, -0.2) is 9.36 Å². The lowest BCUT2D eigenvalue weighted by Gasteiger charge is -2.32. The minimum absolute atomic E-state index is 0.156. The maximum atomic E-state index is 12.9.